The first kappa shape index (κ1) is 11.6. The molecule has 0 aromatic carbocycles. The molecule has 0 aromatic rings. The Morgan fingerprint density at radius 3 is 2.71 bits per heavy atom. The molecule has 0 saturated carbocycles. The molecule has 1 atom stereocenters. The molecule has 4 heteroatoms. The SMILES string of the molecule is CCCCCCN1N=CN(Cl)C1CC. The molecule has 1 unspecified atom stereocenters. The van der Waals surface area contributed by atoms with Crippen LogP contribution in [-0.2, 0) is 0 Å². The Labute approximate surface area is 91.8 Å². The van der Waals surface area contributed by atoms with Crippen LogP contribution >= 0.6 is 11.8 Å². The third-order valence-corrected chi connectivity index (χ3v) is 2.86. The molecule has 0 fully saturated rings. The number of hydrogen-bond donors (Lipinski definition) is 0. The Balaban J connectivity index is 2.20. The molecule has 0 N–H and O–H groups in total. The van der Waals surface area contributed by atoms with E-state index in [0.717, 1.165) is 13.0 Å². The fourth-order valence-electron chi connectivity index (χ4n) is 1.69. The highest BCUT2D eigenvalue weighted by atomic mass is 35.5. The third-order valence-electron chi connectivity index (χ3n) is 2.54. The van der Waals surface area contributed by atoms with Gasteiger partial charge in [-0.3, -0.25) is 5.01 Å². The number of nitrogens with zero attached hydrogens (tertiary/aromatic N) is 3. The van der Waals surface area contributed by atoms with Gasteiger partial charge in [-0.15, -0.1) is 0 Å². The van der Waals surface area contributed by atoms with Crippen molar-refractivity contribution in [2.75, 3.05) is 6.54 Å². The van der Waals surface area contributed by atoms with E-state index < -0.39 is 0 Å². The average molecular weight is 218 g/mol. The summed E-state index contributed by atoms with van der Waals surface area (Å²) in [6.07, 6.45) is 8.08. The maximum absolute atomic E-state index is 5.96. The van der Waals surface area contributed by atoms with E-state index in [1.54, 1.807) is 10.8 Å². The fourth-order valence-corrected chi connectivity index (χ4v) is 1.97. The highest BCUT2D eigenvalue weighted by Gasteiger charge is 2.24. The predicted octanol–water partition coefficient (Wildman–Crippen LogP) is 3.02. The van der Waals surface area contributed by atoms with Crippen LogP contribution in [0.4, 0.5) is 0 Å². The van der Waals surface area contributed by atoms with Crippen molar-refractivity contribution in [1.82, 2.24) is 9.43 Å². The predicted molar refractivity (Wildman–Crippen MR) is 61.1 cm³/mol. The third kappa shape index (κ3) is 3.05. The number of halogens is 1. The lowest BCUT2D eigenvalue weighted by Gasteiger charge is -2.25. The van der Waals surface area contributed by atoms with Gasteiger partial charge >= 0.3 is 0 Å². The molecular formula is C10H20ClN3. The fraction of sp³-hybridized carbons (Fsp3) is 0.900. The number of unbranched alkanes of at least 4 members (excludes halogenated alkanes) is 3. The summed E-state index contributed by atoms with van der Waals surface area (Å²) in [7, 11) is 0. The molecule has 0 radical (unpaired) electrons. The standard InChI is InChI=1S/C10H20ClN3/c1-3-5-6-7-8-14-10(4-2)13(11)9-12-14/h9-10H,3-8H2,1-2H3. The topological polar surface area (TPSA) is 18.8 Å². The molecule has 0 aromatic heterocycles. The lowest BCUT2D eigenvalue weighted by Crippen LogP contribution is -2.34. The van der Waals surface area contributed by atoms with Crippen molar-refractivity contribution in [3.8, 4) is 0 Å². The van der Waals surface area contributed by atoms with Crippen LogP contribution in [0.15, 0.2) is 5.10 Å². The van der Waals surface area contributed by atoms with E-state index in [1.807, 2.05) is 0 Å². The first-order valence-corrected chi connectivity index (χ1v) is 5.88. The van der Waals surface area contributed by atoms with Crippen LogP contribution in [0.5, 0.6) is 0 Å². The van der Waals surface area contributed by atoms with E-state index in [1.165, 1.54) is 25.7 Å². The minimum absolute atomic E-state index is 0.262. The average Bonchev–Trinajstić information content (AvgIpc) is 2.54. The van der Waals surface area contributed by atoms with Crippen molar-refractivity contribution < 1.29 is 0 Å². The van der Waals surface area contributed by atoms with E-state index in [-0.39, 0.29) is 6.17 Å². The highest BCUT2D eigenvalue weighted by Crippen LogP contribution is 2.18. The zero-order valence-electron chi connectivity index (χ0n) is 9.12. The van der Waals surface area contributed by atoms with Crippen LogP contribution in [-0.4, -0.2) is 28.5 Å². The summed E-state index contributed by atoms with van der Waals surface area (Å²) in [6.45, 7) is 5.38. The van der Waals surface area contributed by atoms with Crippen LogP contribution < -0.4 is 0 Å². The van der Waals surface area contributed by atoms with Crippen molar-refractivity contribution in [3.05, 3.63) is 0 Å². The molecule has 14 heavy (non-hydrogen) atoms. The molecule has 0 saturated heterocycles. The van der Waals surface area contributed by atoms with E-state index in [9.17, 15) is 0 Å². The maximum Gasteiger partial charge on any atom is 0.134 e. The number of hydrogen-bond acceptors (Lipinski definition) is 3. The molecule has 1 aliphatic rings. The lowest BCUT2D eigenvalue weighted by molar-refractivity contribution is 0.167. The normalized spacial score (nSPS) is 20.9. The van der Waals surface area contributed by atoms with Crippen LogP contribution in [0.1, 0.15) is 46.0 Å². The van der Waals surface area contributed by atoms with Crippen molar-refractivity contribution in [1.29, 1.82) is 0 Å². The Morgan fingerprint density at radius 1 is 1.29 bits per heavy atom. The number of rotatable bonds is 6. The van der Waals surface area contributed by atoms with E-state index in [4.69, 9.17) is 11.8 Å². The first-order valence-electron chi connectivity index (χ1n) is 5.54. The zero-order valence-corrected chi connectivity index (χ0v) is 9.87. The second-order valence-corrected chi connectivity index (χ2v) is 4.08. The summed E-state index contributed by atoms with van der Waals surface area (Å²) in [6, 6.07) is 0. The van der Waals surface area contributed by atoms with E-state index in [2.05, 4.69) is 24.0 Å². The van der Waals surface area contributed by atoms with Crippen molar-refractivity contribution >= 4 is 18.1 Å². The smallest absolute Gasteiger partial charge is 0.134 e. The largest absolute Gasteiger partial charge is 0.272 e. The van der Waals surface area contributed by atoms with E-state index in [0.29, 0.717) is 0 Å². The lowest BCUT2D eigenvalue weighted by atomic mass is 10.2. The quantitative estimate of drug-likeness (QED) is 0.503. The summed E-state index contributed by atoms with van der Waals surface area (Å²) in [4.78, 5) is 0. The summed E-state index contributed by atoms with van der Waals surface area (Å²) >= 11 is 5.96. The number of hydrazone groups is 1. The van der Waals surface area contributed by atoms with Gasteiger partial charge in [0, 0.05) is 18.3 Å². The minimum Gasteiger partial charge on any atom is -0.272 e. The molecule has 0 amide bonds. The summed E-state index contributed by atoms with van der Waals surface area (Å²) in [5.74, 6) is 0. The summed E-state index contributed by atoms with van der Waals surface area (Å²) < 4.78 is 1.67. The Morgan fingerprint density at radius 2 is 2.07 bits per heavy atom. The second-order valence-electron chi connectivity index (χ2n) is 3.69. The van der Waals surface area contributed by atoms with Gasteiger partial charge in [0.2, 0.25) is 0 Å². The van der Waals surface area contributed by atoms with Gasteiger partial charge in [0.15, 0.2) is 0 Å². The molecule has 0 bridgehead atoms. The summed E-state index contributed by atoms with van der Waals surface area (Å²) in [5.41, 5.74) is 0. The Bertz CT molecular complexity index is 184. The van der Waals surface area contributed by atoms with Crippen LogP contribution in [0.25, 0.3) is 0 Å². The van der Waals surface area contributed by atoms with Crippen molar-refractivity contribution in [2.45, 2.75) is 52.1 Å². The molecule has 0 spiro atoms. The van der Waals surface area contributed by atoms with Gasteiger partial charge in [0.25, 0.3) is 0 Å². The molecular weight excluding hydrogens is 198 g/mol. The Hall–Kier alpha value is -0.440. The van der Waals surface area contributed by atoms with Crippen LogP contribution in [0.2, 0.25) is 0 Å². The zero-order chi connectivity index (χ0) is 10.4. The van der Waals surface area contributed by atoms with Gasteiger partial charge in [0.1, 0.15) is 12.5 Å². The van der Waals surface area contributed by atoms with Gasteiger partial charge in [-0.05, 0) is 12.8 Å². The molecule has 82 valence electrons. The monoisotopic (exact) mass is 217 g/mol. The molecule has 0 aliphatic carbocycles. The van der Waals surface area contributed by atoms with E-state index >= 15 is 0 Å². The van der Waals surface area contributed by atoms with Crippen LogP contribution in [0, 0.1) is 0 Å². The minimum atomic E-state index is 0.262. The van der Waals surface area contributed by atoms with Gasteiger partial charge in [0.05, 0.1) is 0 Å². The van der Waals surface area contributed by atoms with Gasteiger partial charge < -0.3 is 0 Å². The molecule has 3 nitrogen and oxygen atoms in total. The van der Waals surface area contributed by atoms with Gasteiger partial charge in [-0.25, -0.2) is 4.42 Å². The van der Waals surface area contributed by atoms with Gasteiger partial charge in [-0.1, -0.05) is 33.1 Å². The second kappa shape index (κ2) is 6.12. The Kier molecular flexibility index (Phi) is 5.09. The van der Waals surface area contributed by atoms with Crippen LogP contribution in [0.3, 0.4) is 0 Å². The van der Waals surface area contributed by atoms with Crippen molar-refractivity contribution in [3.63, 3.8) is 0 Å². The first-order chi connectivity index (χ1) is 6.79. The van der Waals surface area contributed by atoms with Crippen molar-refractivity contribution in [2.24, 2.45) is 5.10 Å². The maximum atomic E-state index is 5.96. The molecule has 1 rings (SSSR count). The molecule has 1 heterocycles. The summed E-state index contributed by atoms with van der Waals surface area (Å²) in [5, 5.41) is 6.35. The highest BCUT2D eigenvalue weighted by molar-refractivity contribution is 6.19. The molecule has 1 aliphatic heterocycles. The van der Waals surface area contributed by atoms with Gasteiger partial charge in [-0.2, -0.15) is 5.10 Å².